The average Bonchev–Trinajstić information content (AvgIpc) is 2.31. The second-order valence-corrected chi connectivity index (χ2v) is 5.37. The number of benzene rings is 1. The minimum absolute atomic E-state index is 0.256. The fraction of sp³-hybridized carbons (Fsp3) is 0.429. The Labute approximate surface area is 114 Å². The SMILES string of the molecule is Cc1ccc(NC(N)=NCC(C)(C)C(N)=O)cc1C. The van der Waals surface area contributed by atoms with Gasteiger partial charge in [0.05, 0.1) is 12.0 Å². The van der Waals surface area contributed by atoms with E-state index in [1.54, 1.807) is 13.8 Å². The molecule has 0 aliphatic carbocycles. The quantitative estimate of drug-likeness (QED) is 0.567. The van der Waals surface area contributed by atoms with E-state index in [-0.39, 0.29) is 12.5 Å². The Hall–Kier alpha value is -2.04. The average molecular weight is 262 g/mol. The molecule has 19 heavy (non-hydrogen) atoms. The van der Waals surface area contributed by atoms with Gasteiger partial charge in [0.1, 0.15) is 0 Å². The van der Waals surface area contributed by atoms with Gasteiger partial charge in [-0.3, -0.25) is 9.79 Å². The molecule has 0 fully saturated rings. The number of guanidine groups is 1. The number of carbonyl (C=O) groups is 1. The minimum Gasteiger partial charge on any atom is -0.370 e. The molecule has 0 heterocycles. The summed E-state index contributed by atoms with van der Waals surface area (Å²) in [5, 5.41) is 3.00. The van der Waals surface area contributed by atoms with Gasteiger partial charge < -0.3 is 16.8 Å². The lowest BCUT2D eigenvalue weighted by atomic mass is 9.93. The smallest absolute Gasteiger partial charge is 0.224 e. The van der Waals surface area contributed by atoms with Crippen molar-refractivity contribution >= 4 is 17.6 Å². The lowest BCUT2D eigenvalue weighted by molar-refractivity contribution is -0.125. The first-order chi connectivity index (χ1) is 8.72. The standard InChI is InChI=1S/C14H22N4O/c1-9-5-6-11(7-10(9)2)18-13(16)17-8-14(3,4)12(15)19/h5-7H,8H2,1-4H3,(H2,15,19)(H3,16,17,18). The zero-order valence-electron chi connectivity index (χ0n) is 11.9. The molecule has 0 bridgehead atoms. The number of amides is 1. The van der Waals surface area contributed by atoms with Crippen molar-refractivity contribution in [3.8, 4) is 0 Å². The number of nitrogens with two attached hydrogens (primary N) is 2. The molecular weight excluding hydrogens is 240 g/mol. The van der Waals surface area contributed by atoms with Gasteiger partial charge in [-0.15, -0.1) is 0 Å². The molecule has 0 aliphatic heterocycles. The molecule has 5 heteroatoms. The van der Waals surface area contributed by atoms with Crippen LogP contribution in [0.5, 0.6) is 0 Å². The number of rotatable bonds is 4. The van der Waals surface area contributed by atoms with Crippen molar-refractivity contribution in [3.05, 3.63) is 29.3 Å². The van der Waals surface area contributed by atoms with E-state index < -0.39 is 11.3 Å². The van der Waals surface area contributed by atoms with Crippen molar-refractivity contribution < 1.29 is 4.79 Å². The number of aryl methyl sites for hydroxylation is 2. The molecule has 0 saturated carbocycles. The summed E-state index contributed by atoms with van der Waals surface area (Å²) in [7, 11) is 0. The van der Waals surface area contributed by atoms with Gasteiger partial charge in [0.25, 0.3) is 0 Å². The third-order valence-electron chi connectivity index (χ3n) is 3.09. The predicted octanol–water partition coefficient (Wildman–Crippen LogP) is 1.54. The van der Waals surface area contributed by atoms with Crippen molar-refractivity contribution in [3.63, 3.8) is 0 Å². The van der Waals surface area contributed by atoms with Crippen LogP contribution < -0.4 is 16.8 Å². The van der Waals surface area contributed by atoms with Gasteiger partial charge in [-0.05, 0) is 51.0 Å². The maximum Gasteiger partial charge on any atom is 0.224 e. The van der Waals surface area contributed by atoms with Crippen LogP contribution >= 0.6 is 0 Å². The molecule has 0 spiro atoms. The molecule has 1 aromatic carbocycles. The number of anilines is 1. The van der Waals surface area contributed by atoms with Crippen molar-refractivity contribution in [2.75, 3.05) is 11.9 Å². The zero-order valence-corrected chi connectivity index (χ0v) is 11.9. The lowest BCUT2D eigenvalue weighted by Gasteiger charge is -2.17. The van der Waals surface area contributed by atoms with Crippen LogP contribution in [0.3, 0.4) is 0 Å². The maximum absolute atomic E-state index is 11.2. The molecule has 0 atom stereocenters. The first-order valence-corrected chi connectivity index (χ1v) is 6.16. The minimum atomic E-state index is -0.699. The van der Waals surface area contributed by atoms with Gasteiger partial charge in [-0.2, -0.15) is 0 Å². The third-order valence-corrected chi connectivity index (χ3v) is 3.09. The highest BCUT2D eigenvalue weighted by atomic mass is 16.1. The lowest BCUT2D eigenvalue weighted by Crippen LogP contribution is -2.35. The van der Waals surface area contributed by atoms with Crippen molar-refractivity contribution in [2.24, 2.45) is 21.9 Å². The van der Waals surface area contributed by atoms with E-state index in [0.717, 1.165) is 5.69 Å². The Morgan fingerprint density at radius 1 is 1.26 bits per heavy atom. The molecule has 5 nitrogen and oxygen atoms in total. The zero-order chi connectivity index (χ0) is 14.6. The summed E-state index contributed by atoms with van der Waals surface area (Å²) in [4.78, 5) is 15.3. The van der Waals surface area contributed by atoms with Crippen LogP contribution in [0, 0.1) is 19.3 Å². The Bertz CT molecular complexity index is 506. The Morgan fingerprint density at radius 3 is 2.42 bits per heavy atom. The Balaban J connectivity index is 2.71. The van der Waals surface area contributed by atoms with Crippen LogP contribution in [0.1, 0.15) is 25.0 Å². The van der Waals surface area contributed by atoms with Crippen LogP contribution in [0.4, 0.5) is 5.69 Å². The van der Waals surface area contributed by atoms with Crippen LogP contribution in [0.2, 0.25) is 0 Å². The number of hydrogen-bond acceptors (Lipinski definition) is 2. The van der Waals surface area contributed by atoms with E-state index in [2.05, 4.69) is 10.3 Å². The highest BCUT2D eigenvalue weighted by Crippen LogP contribution is 2.15. The molecule has 0 unspecified atom stereocenters. The van der Waals surface area contributed by atoms with Gasteiger partial charge in [-0.1, -0.05) is 6.07 Å². The van der Waals surface area contributed by atoms with Gasteiger partial charge in [-0.25, -0.2) is 0 Å². The fourth-order valence-electron chi connectivity index (χ4n) is 1.37. The molecule has 1 rings (SSSR count). The number of nitrogens with one attached hydrogen (secondary N) is 1. The number of hydrogen-bond donors (Lipinski definition) is 3. The van der Waals surface area contributed by atoms with Gasteiger partial charge in [0.2, 0.25) is 5.91 Å². The molecule has 104 valence electrons. The maximum atomic E-state index is 11.2. The van der Waals surface area contributed by atoms with Crippen LogP contribution in [0.15, 0.2) is 23.2 Å². The second-order valence-electron chi connectivity index (χ2n) is 5.37. The van der Waals surface area contributed by atoms with Crippen molar-refractivity contribution in [1.82, 2.24) is 0 Å². The van der Waals surface area contributed by atoms with E-state index in [0.29, 0.717) is 0 Å². The van der Waals surface area contributed by atoms with E-state index in [4.69, 9.17) is 11.5 Å². The van der Waals surface area contributed by atoms with Crippen LogP contribution in [0.25, 0.3) is 0 Å². The Kier molecular flexibility index (Phi) is 4.53. The fourth-order valence-corrected chi connectivity index (χ4v) is 1.37. The highest BCUT2D eigenvalue weighted by Gasteiger charge is 2.24. The summed E-state index contributed by atoms with van der Waals surface area (Å²) >= 11 is 0. The molecule has 0 aliphatic rings. The molecule has 0 saturated heterocycles. The van der Waals surface area contributed by atoms with E-state index in [1.165, 1.54) is 11.1 Å². The van der Waals surface area contributed by atoms with E-state index in [9.17, 15) is 4.79 Å². The van der Waals surface area contributed by atoms with Crippen molar-refractivity contribution in [2.45, 2.75) is 27.7 Å². The van der Waals surface area contributed by atoms with Crippen LogP contribution in [-0.4, -0.2) is 18.4 Å². The summed E-state index contributed by atoms with van der Waals surface area (Å²) in [5.41, 5.74) is 13.6. The second kappa shape index (κ2) is 5.73. The monoisotopic (exact) mass is 262 g/mol. The van der Waals surface area contributed by atoms with E-state index in [1.807, 2.05) is 32.0 Å². The van der Waals surface area contributed by atoms with E-state index >= 15 is 0 Å². The summed E-state index contributed by atoms with van der Waals surface area (Å²) in [5.74, 6) is -0.118. The molecule has 0 radical (unpaired) electrons. The normalized spacial score (nSPS) is 12.3. The van der Waals surface area contributed by atoms with Gasteiger partial charge in [0.15, 0.2) is 5.96 Å². The first-order valence-electron chi connectivity index (χ1n) is 6.16. The Morgan fingerprint density at radius 2 is 1.89 bits per heavy atom. The molecular formula is C14H22N4O. The van der Waals surface area contributed by atoms with Crippen molar-refractivity contribution in [1.29, 1.82) is 0 Å². The third kappa shape index (κ3) is 4.28. The first kappa shape index (κ1) is 15.0. The number of primary amides is 1. The summed E-state index contributed by atoms with van der Waals surface area (Å²) in [6.45, 7) is 7.81. The summed E-state index contributed by atoms with van der Waals surface area (Å²) in [6.07, 6.45) is 0. The van der Waals surface area contributed by atoms with Gasteiger partial charge in [0, 0.05) is 5.69 Å². The highest BCUT2D eigenvalue weighted by molar-refractivity contribution is 5.92. The number of nitrogens with zero attached hydrogens (tertiary/aromatic N) is 1. The van der Waals surface area contributed by atoms with Gasteiger partial charge >= 0.3 is 0 Å². The largest absolute Gasteiger partial charge is 0.370 e. The predicted molar refractivity (Wildman–Crippen MR) is 79.0 cm³/mol. The molecule has 1 amide bonds. The summed E-state index contributed by atoms with van der Waals surface area (Å²) in [6, 6.07) is 5.94. The molecule has 1 aromatic rings. The summed E-state index contributed by atoms with van der Waals surface area (Å²) < 4.78 is 0. The molecule has 5 N–H and O–H groups in total. The number of carbonyl (C=O) groups excluding carboxylic acids is 1. The van der Waals surface area contributed by atoms with Crippen LogP contribution in [-0.2, 0) is 4.79 Å². The topological polar surface area (TPSA) is 93.5 Å². The number of aliphatic imine (C=N–C) groups is 1. The molecule has 0 aromatic heterocycles.